The van der Waals surface area contributed by atoms with Gasteiger partial charge in [0, 0.05) is 10.6 Å². The van der Waals surface area contributed by atoms with Crippen molar-refractivity contribution in [3.8, 4) is 11.5 Å². The van der Waals surface area contributed by atoms with Gasteiger partial charge in [-0.2, -0.15) is 4.68 Å². The molecule has 0 bridgehead atoms. The molecule has 1 aromatic heterocycles. The number of nitrogens with zero attached hydrogens (tertiary/aromatic N) is 2. The maximum atomic E-state index is 12.0. The summed E-state index contributed by atoms with van der Waals surface area (Å²) in [5.41, 5.74) is 3.92. The van der Waals surface area contributed by atoms with E-state index in [0.29, 0.717) is 17.5 Å². The van der Waals surface area contributed by atoms with Gasteiger partial charge in [0.2, 0.25) is 5.89 Å². The minimum absolute atomic E-state index is 0.324. The van der Waals surface area contributed by atoms with Crippen molar-refractivity contribution in [2.24, 2.45) is 0 Å². The average Bonchev–Trinajstić information content (AvgIpc) is 2.85. The Morgan fingerprint density at radius 3 is 2.59 bits per heavy atom. The van der Waals surface area contributed by atoms with Crippen LogP contribution >= 0.6 is 11.6 Å². The van der Waals surface area contributed by atoms with Gasteiger partial charge in [-0.15, -0.1) is 5.10 Å². The van der Waals surface area contributed by atoms with Crippen molar-refractivity contribution in [2.75, 3.05) is 0 Å². The van der Waals surface area contributed by atoms with Gasteiger partial charge in [-0.1, -0.05) is 35.4 Å². The third-order valence-electron chi connectivity index (χ3n) is 3.54. The average molecular weight is 315 g/mol. The van der Waals surface area contributed by atoms with E-state index in [2.05, 4.69) is 5.10 Å². The molecule has 4 nitrogen and oxygen atoms in total. The van der Waals surface area contributed by atoms with Crippen LogP contribution in [0.15, 0.2) is 51.7 Å². The monoisotopic (exact) mass is 314 g/mol. The second-order valence-corrected chi connectivity index (χ2v) is 5.70. The molecule has 0 radical (unpaired) electrons. The number of halogens is 1. The second kappa shape index (κ2) is 5.81. The maximum Gasteiger partial charge on any atom is 0.437 e. The van der Waals surface area contributed by atoms with Gasteiger partial charge in [0.15, 0.2) is 0 Å². The molecule has 0 atom stereocenters. The van der Waals surface area contributed by atoms with Gasteiger partial charge in [-0.05, 0) is 49.2 Å². The first-order chi connectivity index (χ1) is 10.5. The summed E-state index contributed by atoms with van der Waals surface area (Å²) < 4.78 is 6.56. The summed E-state index contributed by atoms with van der Waals surface area (Å²) in [6, 6.07) is 13.3. The smallest absolute Gasteiger partial charge is 0.388 e. The lowest BCUT2D eigenvalue weighted by atomic mass is 10.1. The maximum absolute atomic E-state index is 12.0. The molecule has 3 rings (SSSR count). The van der Waals surface area contributed by atoms with E-state index in [-0.39, 0.29) is 0 Å². The first kappa shape index (κ1) is 14.6. The van der Waals surface area contributed by atoms with Crippen molar-refractivity contribution in [1.29, 1.82) is 0 Å². The number of aryl methyl sites for hydroxylation is 2. The number of benzene rings is 2. The molecule has 112 valence electrons. The third-order valence-corrected chi connectivity index (χ3v) is 3.77. The van der Waals surface area contributed by atoms with E-state index in [1.54, 1.807) is 0 Å². The molecule has 0 spiro atoms. The van der Waals surface area contributed by atoms with Crippen molar-refractivity contribution < 1.29 is 4.42 Å². The highest BCUT2D eigenvalue weighted by Crippen LogP contribution is 2.18. The Bertz CT molecular complexity index is 863. The van der Waals surface area contributed by atoms with Crippen LogP contribution < -0.4 is 5.76 Å². The van der Waals surface area contributed by atoms with E-state index < -0.39 is 5.76 Å². The highest BCUT2D eigenvalue weighted by atomic mass is 35.5. The van der Waals surface area contributed by atoms with Crippen LogP contribution in [0, 0.1) is 13.8 Å². The van der Waals surface area contributed by atoms with Crippen LogP contribution in [0.5, 0.6) is 0 Å². The first-order valence-corrected chi connectivity index (χ1v) is 7.31. The highest BCUT2D eigenvalue weighted by Gasteiger charge is 2.11. The van der Waals surface area contributed by atoms with E-state index in [1.165, 1.54) is 4.68 Å². The molecule has 3 aromatic rings. The standard InChI is InChI=1S/C17H15ClN2O2/c1-11-3-6-13(7-4-11)16-19-20(17(21)22-16)10-14-9-15(18)8-5-12(14)2/h3-9H,10H2,1-2H3. The van der Waals surface area contributed by atoms with Crippen molar-refractivity contribution >= 4 is 11.6 Å². The van der Waals surface area contributed by atoms with Gasteiger partial charge in [0.25, 0.3) is 0 Å². The molecule has 0 aliphatic heterocycles. The largest absolute Gasteiger partial charge is 0.437 e. The van der Waals surface area contributed by atoms with Crippen LogP contribution in [0.4, 0.5) is 0 Å². The summed E-state index contributed by atoms with van der Waals surface area (Å²) in [6.45, 7) is 4.30. The summed E-state index contributed by atoms with van der Waals surface area (Å²) in [5, 5.41) is 4.91. The fraction of sp³-hybridized carbons (Fsp3) is 0.176. The number of hydrogen-bond donors (Lipinski definition) is 0. The van der Waals surface area contributed by atoms with Crippen LogP contribution in [-0.4, -0.2) is 9.78 Å². The zero-order chi connectivity index (χ0) is 15.7. The predicted octanol–water partition coefficient (Wildman–Crippen LogP) is 3.82. The molecular formula is C17H15ClN2O2. The van der Waals surface area contributed by atoms with Gasteiger partial charge in [-0.25, -0.2) is 4.79 Å². The van der Waals surface area contributed by atoms with Gasteiger partial charge in [0.05, 0.1) is 6.54 Å². The van der Waals surface area contributed by atoms with Crippen LogP contribution in [0.2, 0.25) is 5.02 Å². The molecule has 0 aliphatic carbocycles. The first-order valence-electron chi connectivity index (χ1n) is 6.93. The molecule has 0 fully saturated rings. The van der Waals surface area contributed by atoms with Crippen molar-refractivity contribution in [1.82, 2.24) is 9.78 Å². The molecule has 0 amide bonds. The molecule has 0 saturated heterocycles. The van der Waals surface area contributed by atoms with E-state index >= 15 is 0 Å². The van der Waals surface area contributed by atoms with Gasteiger partial charge in [-0.3, -0.25) is 0 Å². The molecule has 0 aliphatic rings. The molecule has 2 aromatic carbocycles. The normalized spacial score (nSPS) is 10.9. The lowest BCUT2D eigenvalue weighted by Crippen LogP contribution is -2.17. The van der Waals surface area contributed by atoms with Crippen molar-refractivity contribution in [2.45, 2.75) is 20.4 Å². The fourth-order valence-corrected chi connectivity index (χ4v) is 2.39. The van der Waals surface area contributed by atoms with E-state index in [0.717, 1.165) is 22.3 Å². The Hall–Kier alpha value is -2.33. The van der Waals surface area contributed by atoms with Crippen LogP contribution in [0.1, 0.15) is 16.7 Å². The molecule has 0 unspecified atom stereocenters. The zero-order valence-electron chi connectivity index (χ0n) is 12.3. The summed E-state index contributed by atoms with van der Waals surface area (Å²) >= 11 is 6.01. The Morgan fingerprint density at radius 2 is 1.86 bits per heavy atom. The van der Waals surface area contributed by atoms with Crippen LogP contribution in [-0.2, 0) is 6.54 Å². The van der Waals surface area contributed by atoms with Gasteiger partial charge in [0.1, 0.15) is 0 Å². The lowest BCUT2D eigenvalue weighted by molar-refractivity contribution is 0.495. The molecule has 1 heterocycles. The summed E-state index contributed by atoms with van der Waals surface area (Å²) in [7, 11) is 0. The fourth-order valence-electron chi connectivity index (χ4n) is 2.19. The number of hydrogen-bond acceptors (Lipinski definition) is 3. The molecule has 0 N–H and O–H groups in total. The Morgan fingerprint density at radius 1 is 1.14 bits per heavy atom. The second-order valence-electron chi connectivity index (χ2n) is 5.27. The van der Waals surface area contributed by atoms with Gasteiger partial charge >= 0.3 is 5.76 Å². The Balaban J connectivity index is 1.94. The molecule has 0 saturated carbocycles. The van der Waals surface area contributed by atoms with E-state index in [9.17, 15) is 4.79 Å². The summed E-state index contributed by atoms with van der Waals surface area (Å²) in [5.74, 6) is -0.153. The lowest BCUT2D eigenvalue weighted by Gasteiger charge is -2.04. The summed E-state index contributed by atoms with van der Waals surface area (Å²) in [4.78, 5) is 12.0. The number of aromatic nitrogens is 2. The quantitative estimate of drug-likeness (QED) is 0.738. The van der Waals surface area contributed by atoms with Crippen LogP contribution in [0.25, 0.3) is 11.5 Å². The predicted molar refractivity (Wildman–Crippen MR) is 86.2 cm³/mol. The number of rotatable bonds is 3. The van der Waals surface area contributed by atoms with Crippen LogP contribution in [0.3, 0.4) is 0 Å². The van der Waals surface area contributed by atoms with E-state index in [4.69, 9.17) is 16.0 Å². The topological polar surface area (TPSA) is 48.0 Å². The third kappa shape index (κ3) is 2.97. The highest BCUT2D eigenvalue weighted by molar-refractivity contribution is 6.30. The van der Waals surface area contributed by atoms with Crippen molar-refractivity contribution in [3.05, 3.63) is 74.7 Å². The molecule has 5 heteroatoms. The minimum atomic E-state index is -0.477. The minimum Gasteiger partial charge on any atom is -0.388 e. The Kier molecular flexibility index (Phi) is 3.86. The van der Waals surface area contributed by atoms with Crippen molar-refractivity contribution in [3.63, 3.8) is 0 Å². The SMILES string of the molecule is Cc1ccc(-c2nn(Cc3cc(Cl)ccc3C)c(=O)o2)cc1. The molecular weight excluding hydrogens is 300 g/mol. The Labute approximate surface area is 133 Å². The summed E-state index contributed by atoms with van der Waals surface area (Å²) in [6.07, 6.45) is 0. The molecule has 22 heavy (non-hydrogen) atoms. The van der Waals surface area contributed by atoms with Gasteiger partial charge < -0.3 is 4.42 Å². The van der Waals surface area contributed by atoms with E-state index in [1.807, 2.05) is 56.3 Å². The zero-order valence-corrected chi connectivity index (χ0v) is 13.1.